The van der Waals surface area contributed by atoms with E-state index in [1.165, 1.54) is 0 Å². The summed E-state index contributed by atoms with van der Waals surface area (Å²) in [6, 6.07) is 7.78. The van der Waals surface area contributed by atoms with Crippen LogP contribution in [0.2, 0.25) is 5.02 Å². The zero-order valence-corrected chi connectivity index (χ0v) is 18.1. The molecule has 3 rings (SSSR count). The normalized spacial score (nSPS) is 14.5. The molecule has 8 heteroatoms. The van der Waals surface area contributed by atoms with Gasteiger partial charge in [0.2, 0.25) is 5.82 Å². The lowest BCUT2D eigenvalue weighted by Gasteiger charge is -2.33. The Kier molecular flexibility index (Phi) is 8.73. The first kappa shape index (κ1) is 22.7. The molecule has 0 aliphatic carbocycles. The molecule has 0 radical (unpaired) electrons. The van der Waals surface area contributed by atoms with Gasteiger partial charge in [0.25, 0.3) is 5.91 Å². The van der Waals surface area contributed by atoms with E-state index < -0.39 is 0 Å². The van der Waals surface area contributed by atoms with Crippen LogP contribution in [0.1, 0.15) is 56.0 Å². The van der Waals surface area contributed by atoms with Gasteiger partial charge >= 0.3 is 0 Å². The Morgan fingerprint density at radius 1 is 1.25 bits per heavy atom. The monoisotopic (exact) mass is 425 g/mol. The molecule has 6 nitrogen and oxygen atoms in total. The molecule has 0 atom stereocenters. The third-order valence-corrected chi connectivity index (χ3v) is 5.21. The highest BCUT2D eigenvalue weighted by Crippen LogP contribution is 2.22. The van der Waals surface area contributed by atoms with Crippen LogP contribution in [-0.2, 0) is 6.42 Å². The molecule has 2 heterocycles. The average molecular weight is 426 g/mol. The van der Waals surface area contributed by atoms with Crippen LogP contribution in [0.3, 0.4) is 0 Å². The van der Waals surface area contributed by atoms with Gasteiger partial charge in [-0.3, -0.25) is 4.79 Å². The van der Waals surface area contributed by atoms with Gasteiger partial charge < -0.3 is 10.2 Å². The Balaban J connectivity index is 0.00000280. The molecular weight excluding hydrogens is 397 g/mol. The minimum atomic E-state index is -0.0769. The number of rotatable bonds is 7. The first-order valence-corrected chi connectivity index (χ1v) is 10.3. The van der Waals surface area contributed by atoms with Crippen molar-refractivity contribution >= 4 is 29.9 Å². The number of carbonyl (C=O) groups is 1. The summed E-state index contributed by atoms with van der Waals surface area (Å²) in [6.07, 6.45) is 4.52. The molecule has 154 valence electrons. The second-order valence-corrected chi connectivity index (χ2v) is 7.35. The van der Waals surface area contributed by atoms with E-state index in [0.717, 1.165) is 63.3 Å². The summed E-state index contributed by atoms with van der Waals surface area (Å²) in [5.74, 6) is 0.966. The predicted octanol–water partition coefficient (Wildman–Crippen LogP) is 3.90. The van der Waals surface area contributed by atoms with Gasteiger partial charge in [0.05, 0.1) is 10.7 Å². The van der Waals surface area contributed by atoms with Gasteiger partial charge in [0.1, 0.15) is 5.82 Å². The van der Waals surface area contributed by atoms with Crippen LogP contribution in [0.4, 0.5) is 0 Å². The number of para-hydroxylation sites is 1. The number of aryl methyl sites for hydroxylation is 1. The molecular formula is C20H29Cl2N5O. The summed E-state index contributed by atoms with van der Waals surface area (Å²) in [5, 5.41) is 8.53. The van der Waals surface area contributed by atoms with Crippen molar-refractivity contribution < 1.29 is 4.79 Å². The van der Waals surface area contributed by atoms with Crippen LogP contribution in [0.5, 0.6) is 0 Å². The second-order valence-electron chi connectivity index (χ2n) is 6.94. The number of nitrogens with one attached hydrogen (secondary N) is 1. The van der Waals surface area contributed by atoms with Crippen molar-refractivity contribution in [1.82, 2.24) is 25.0 Å². The SMILES string of the molecule is CCCc1nc(C(=O)N(CCC)C2CCNCC2)nn1-c1ccccc1Cl.Cl. The van der Waals surface area contributed by atoms with Gasteiger partial charge in [-0.2, -0.15) is 0 Å². The van der Waals surface area contributed by atoms with E-state index in [1.807, 2.05) is 29.2 Å². The van der Waals surface area contributed by atoms with Crippen LogP contribution >= 0.6 is 24.0 Å². The van der Waals surface area contributed by atoms with Gasteiger partial charge in [-0.1, -0.05) is 37.6 Å². The van der Waals surface area contributed by atoms with Crippen molar-refractivity contribution in [2.45, 2.75) is 52.0 Å². The predicted molar refractivity (Wildman–Crippen MR) is 115 cm³/mol. The van der Waals surface area contributed by atoms with E-state index in [2.05, 4.69) is 29.2 Å². The molecule has 1 N–H and O–H groups in total. The average Bonchev–Trinajstić information content (AvgIpc) is 3.11. The Hall–Kier alpha value is -1.63. The molecule has 0 unspecified atom stereocenters. The highest BCUT2D eigenvalue weighted by atomic mass is 35.5. The first-order chi connectivity index (χ1) is 13.2. The van der Waals surface area contributed by atoms with Gasteiger partial charge in [-0.05, 0) is 50.9 Å². The van der Waals surface area contributed by atoms with E-state index in [-0.39, 0.29) is 30.2 Å². The first-order valence-electron chi connectivity index (χ1n) is 9.88. The lowest BCUT2D eigenvalue weighted by atomic mass is 10.0. The lowest BCUT2D eigenvalue weighted by molar-refractivity contribution is 0.0630. The molecule has 1 amide bonds. The number of carbonyl (C=O) groups excluding carboxylic acids is 1. The number of amides is 1. The number of hydrogen-bond donors (Lipinski definition) is 1. The number of aromatic nitrogens is 3. The summed E-state index contributed by atoms with van der Waals surface area (Å²) >= 11 is 6.36. The summed E-state index contributed by atoms with van der Waals surface area (Å²) in [5.41, 5.74) is 0.762. The van der Waals surface area contributed by atoms with Gasteiger partial charge in [-0.15, -0.1) is 17.5 Å². The molecule has 28 heavy (non-hydrogen) atoms. The fraction of sp³-hybridized carbons (Fsp3) is 0.550. The highest BCUT2D eigenvalue weighted by molar-refractivity contribution is 6.32. The molecule has 1 fully saturated rings. The van der Waals surface area contributed by atoms with Crippen LogP contribution in [0, 0.1) is 0 Å². The summed E-state index contributed by atoms with van der Waals surface area (Å²) in [7, 11) is 0. The van der Waals surface area contributed by atoms with E-state index in [9.17, 15) is 4.79 Å². The third-order valence-electron chi connectivity index (χ3n) is 4.89. The zero-order valence-electron chi connectivity index (χ0n) is 16.5. The number of benzene rings is 1. The maximum atomic E-state index is 13.3. The maximum Gasteiger partial charge on any atom is 0.293 e. The molecule has 1 aromatic heterocycles. The fourth-order valence-electron chi connectivity index (χ4n) is 3.57. The zero-order chi connectivity index (χ0) is 19.2. The number of hydrogen-bond acceptors (Lipinski definition) is 4. The Labute approximate surface area is 178 Å². The summed E-state index contributed by atoms with van der Waals surface area (Å²) < 4.78 is 1.73. The van der Waals surface area contributed by atoms with Crippen LogP contribution in [0.25, 0.3) is 5.69 Å². The molecule has 1 aliphatic rings. The highest BCUT2D eigenvalue weighted by Gasteiger charge is 2.29. The molecule has 1 aliphatic heterocycles. The number of halogens is 2. The Morgan fingerprint density at radius 2 is 1.96 bits per heavy atom. The minimum Gasteiger partial charge on any atom is -0.333 e. The number of nitrogens with zero attached hydrogens (tertiary/aromatic N) is 4. The summed E-state index contributed by atoms with van der Waals surface area (Å²) in [4.78, 5) is 19.8. The topological polar surface area (TPSA) is 63.1 Å². The van der Waals surface area contributed by atoms with Gasteiger partial charge in [0, 0.05) is 19.0 Å². The van der Waals surface area contributed by atoms with Crippen molar-refractivity contribution in [3.63, 3.8) is 0 Å². The van der Waals surface area contributed by atoms with Crippen molar-refractivity contribution in [2.24, 2.45) is 0 Å². The van der Waals surface area contributed by atoms with Gasteiger partial charge in [-0.25, -0.2) is 9.67 Å². The minimum absolute atomic E-state index is 0. The molecule has 0 spiro atoms. The van der Waals surface area contributed by atoms with E-state index >= 15 is 0 Å². The van der Waals surface area contributed by atoms with Crippen molar-refractivity contribution in [3.8, 4) is 5.69 Å². The van der Waals surface area contributed by atoms with Gasteiger partial charge in [0.15, 0.2) is 0 Å². The molecule has 0 bridgehead atoms. The van der Waals surface area contributed by atoms with E-state index in [4.69, 9.17) is 11.6 Å². The molecule has 1 saturated heterocycles. The van der Waals surface area contributed by atoms with Crippen LogP contribution in [0.15, 0.2) is 24.3 Å². The standard InChI is InChI=1S/C20H28ClN5O.ClH/c1-3-7-18-23-19(24-26(18)17-9-6-5-8-16(17)21)20(27)25(14-4-2)15-10-12-22-13-11-15;/h5-6,8-9,15,22H,3-4,7,10-14H2,1-2H3;1H. The maximum absolute atomic E-state index is 13.3. The third kappa shape index (κ3) is 5.04. The lowest BCUT2D eigenvalue weighted by Crippen LogP contribution is -2.46. The van der Waals surface area contributed by atoms with Crippen LogP contribution < -0.4 is 5.32 Å². The smallest absolute Gasteiger partial charge is 0.293 e. The Bertz CT molecular complexity index is 774. The molecule has 0 saturated carbocycles. The van der Waals surface area contributed by atoms with Crippen molar-refractivity contribution in [2.75, 3.05) is 19.6 Å². The van der Waals surface area contributed by atoms with E-state index in [1.54, 1.807) is 4.68 Å². The fourth-order valence-corrected chi connectivity index (χ4v) is 3.79. The van der Waals surface area contributed by atoms with E-state index in [0.29, 0.717) is 5.02 Å². The quantitative estimate of drug-likeness (QED) is 0.730. The Morgan fingerprint density at radius 3 is 2.61 bits per heavy atom. The van der Waals surface area contributed by atoms with Crippen molar-refractivity contribution in [3.05, 3.63) is 40.9 Å². The molecule has 2 aromatic rings. The van der Waals surface area contributed by atoms with Crippen LogP contribution in [-0.4, -0.2) is 51.2 Å². The summed E-state index contributed by atoms with van der Waals surface area (Å²) in [6.45, 7) is 6.81. The van der Waals surface area contributed by atoms with Crippen molar-refractivity contribution in [1.29, 1.82) is 0 Å². The largest absolute Gasteiger partial charge is 0.333 e. The number of piperidine rings is 1. The second kappa shape index (κ2) is 10.8. The molecule has 1 aromatic carbocycles.